The van der Waals surface area contributed by atoms with E-state index in [0.717, 1.165) is 21.9 Å². The maximum Gasteiger partial charge on any atom is 0.251 e. The fraction of sp³-hybridized carbons (Fsp3) is 0.538. The van der Waals surface area contributed by atoms with E-state index >= 15 is 0 Å². The van der Waals surface area contributed by atoms with Crippen LogP contribution in [-0.4, -0.2) is 54.9 Å². The molecule has 118 valence electrons. The molecule has 0 saturated carbocycles. The zero-order chi connectivity index (χ0) is 15.9. The fourth-order valence-electron chi connectivity index (χ4n) is 2.83. The predicted molar refractivity (Wildman–Crippen MR) is 89.0 cm³/mol. The average Bonchev–Trinajstić information content (AvgIpc) is 2.85. The minimum atomic E-state index is -0.980. The lowest BCUT2D eigenvalue weighted by Crippen LogP contribution is -2.44. The Morgan fingerprint density at radius 3 is 3.05 bits per heavy atom. The highest BCUT2D eigenvalue weighted by molar-refractivity contribution is 14.1. The van der Waals surface area contributed by atoms with E-state index in [1.165, 1.54) is 13.3 Å². The van der Waals surface area contributed by atoms with Gasteiger partial charge in [0.05, 0.1) is 11.4 Å². The summed E-state index contributed by atoms with van der Waals surface area (Å²) in [6.07, 6.45) is 2.21. The van der Waals surface area contributed by atoms with Crippen molar-refractivity contribution < 1.29 is 9.90 Å². The van der Waals surface area contributed by atoms with Crippen LogP contribution in [0.2, 0.25) is 0 Å². The van der Waals surface area contributed by atoms with Crippen molar-refractivity contribution in [3.05, 3.63) is 10.0 Å². The lowest BCUT2D eigenvalue weighted by atomic mass is 10.1. The number of nitrogens with zero attached hydrogens (tertiary/aromatic N) is 5. The molecule has 0 spiro atoms. The van der Waals surface area contributed by atoms with Crippen LogP contribution in [-0.2, 0) is 4.79 Å². The molecule has 0 aromatic carbocycles. The second-order valence-electron chi connectivity index (χ2n) is 5.45. The van der Waals surface area contributed by atoms with Crippen molar-refractivity contribution in [3.63, 3.8) is 0 Å². The fourth-order valence-corrected chi connectivity index (χ4v) is 3.58. The van der Waals surface area contributed by atoms with Crippen molar-refractivity contribution in [2.45, 2.75) is 31.9 Å². The standard InChI is InChI=1S/C13H17IN6O2/c1-7(21)13(22)19-4-2-3-8(5-19)20-12-9(10(14)18-20)11(15)16-6-17-12/h6-8,21H,2-5H2,1H3,(H2,15,16,17)/t7-,8?/m0/s1. The first kappa shape index (κ1) is 15.4. The van der Waals surface area contributed by atoms with Gasteiger partial charge in [-0.25, -0.2) is 14.6 Å². The van der Waals surface area contributed by atoms with Crippen LogP contribution < -0.4 is 5.73 Å². The molecule has 0 bridgehead atoms. The summed E-state index contributed by atoms with van der Waals surface area (Å²) in [6.45, 7) is 2.67. The number of aliphatic hydroxyl groups excluding tert-OH is 1. The monoisotopic (exact) mass is 416 g/mol. The van der Waals surface area contributed by atoms with E-state index in [1.807, 2.05) is 4.68 Å². The first-order chi connectivity index (χ1) is 10.5. The number of aromatic nitrogens is 4. The van der Waals surface area contributed by atoms with E-state index in [-0.39, 0.29) is 11.9 Å². The molecule has 2 aromatic rings. The summed E-state index contributed by atoms with van der Waals surface area (Å²) in [6, 6.07) is 0.0248. The summed E-state index contributed by atoms with van der Waals surface area (Å²) in [5, 5.41) is 14.8. The Hall–Kier alpha value is -1.49. The first-order valence-corrected chi connectivity index (χ1v) is 8.18. The number of amides is 1. The molecule has 2 atom stereocenters. The molecule has 1 aliphatic heterocycles. The topological polar surface area (TPSA) is 110 Å². The molecule has 9 heteroatoms. The van der Waals surface area contributed by atoms with E-state index in [4.69, 9.17) is 5.73 Å². The molecule has 22 heavy (non-hydrogen) atoms. The van der Waals surface area contributed by atoms with Gasteiger partial charge in [0.2, 0.25) is 0 Å². The van der Waals surface area contributed by atoms with Crippen molar-refractivity contribution >= 4 is 45.3 Å². The minimum absolute atomic E-state index is 0.0248. The van der Waals surface area contributed by atoms with Crippen LogP contribution in [0.3, 0.4) is 0 Å². The average molecular weight is 416 g/mol. The lowest BCUT2D eigenvalue weighted by molar-refractivity contribution is -0.141. The molecule has 1 unspecified atom stereocenters. The van der Waals surface area contributed by atoms with Gasteiger partial charge in [0, 0.05) is 13.1 Å². The Balaban J connectivity index is 1.94. The molecule has 1 saturated heterocycles. The minimum Gasteiger partial charge on any atom is -0.384 e. The van der Waals surface area contributed by atoms with E-state index < -0.39 is 6.10 Å². The zero-order valence-electron chi connectivity index (χ0n) is 12.1. The van der Waals surface area contributed by atoms with Gasteiger partial charge in [0.15, 0.2) is 5.65 Å². The summed E-state index contributed by atoms with van der Waals surface area (Å²) in [5.74, 6) is 0.165. The lowest BCUT2D eigenvalue weighted by Gasteiger charge is -2.33. The molecule has 1 aliphatic rings. The molecular weight excluding hydrogens is 399 g/mol. The number of halogens is 1. The van der Waals surface area contributed by atoms with Crippen LogP contribution in [0.25, 0.3) is 11.0 Å². The van der Waals surface area contributed by atoms with Crippen LogP contribution >= 0.6 is 22.6 Å². The van der Waals surface area contributed by atoms with Crippen LogP contribution in [0.1, 0.15) is 25.8 Å². The number of rotatable bonds is 2. The van der Waals surface area contributed by atoms with Crippen molar-refractivity contribution in [1.82, 2.24) is 24.6 Å². The number of nitrogens with two attached hydrogens (primary N) is 1. The van der Waals surface area contributed by atoms with Crippen LogP contribution in [0.15, 0.2) is 6.33 Å². The van der Waals surface area contributed by atoms with E-state index in [2.05, 4.69) is 37.7 Å². The maximum atomic E-state index is 12.0. The zero-order valence-corrected chi connectivity index (χ0v) is 14.3. The molecule has 3 N–H and O–H groups in total. The van der Waals surface area contributed by atoms with Gasteiger partial charge in [0.25, 0.3) is 5.91 Å². The number of nitrogen functional groups attached to an aromatic ring is 1. The van der Waals surface area contributed by atoms with Crippen molar-refractivity contribution in [3.8, 4) is 0 Å². The van der Waals surface area contributed by atoms with Gasteiger partial charge >= 0.3 is 0 Å². The number of hydrogen-bond acceptors (Lipinski definition) is 6. The van der Waals surface area contributed by atoms with Gasteiger partial charge < -0.3 is 15.7 Å². The quantitative estimate of drug-likeness (QED) is 0.693. The Morgan fingerprint density at radius 2 is 2.32 bits per heavy atom. The second kappa shape index (κ2) is 5.95. The van der Waals surface area contributed by atoms with Crippen LogP contribution in [0.5, 0.6) is 0 Å². The van der Waals surface area contributed by atoms with E-state index in [1.54, 1.807) is 4.90 Å². The summed E-state index contributed by atoms with van der Waals surface area (Å²) in [5.41, 5.74) is 6.60. The molecule has 1 amide bonds. The molecule has 0 radical (unpaired) electrons. The van der Waals surface area contributed by atoms with E-state index in [9.17, 15) is 9.90 Å². The van der Waals surface area contributed by atoms with Crippen LogP contribution in [0, 0.1) is 3.70 Å². The van der Waals surface area contributed by atoms with Gasteiger partial charge in [-0.15, -0.1) is 0 Å². The molecular formula is C13H17IN6O2. The van der Waals surface area contributed by atoms with Gasteiger partial charge in [-0.1, -0.05) is 0 Å². The normalized spacial score (nSPS) is 20.3. The summed E-state index contributed by atoms with van der Waals surface area (Å²) in [4.78, 5) is 22.0. The number of aliphatic hydroxyl groups is 1. The highest BCUT2D eigenvalue weighted by Gasteiger charge is 2.29. The Labute approximate surface area is 140 Å². The van der Waals surface area contributed by atoms with Gasteiger partial charge in [-0.05, 0) is 42.4 Å². The van der Waals surface area contributed by atoms with Crippen molar-refractivity contribution in [2.24, 2.45) is 0 Å². The summed E-state index contributed by atoms with van der Waals surface area (Å²) < 4.78 is 2.58. The van der Waals surface area contributed by atoms with E-state index in [0.29, 0.717) is 24.6 Å². The Bertz CT molecular complexity index is 716. The third-order valence-electron chi connectivity index (χ3n) is 3.89. The van der Waals surface area contributed by atoms with Crippen molar-refractivity contribution in [1.29, 1.82) is 0 Å². The molecule has 0 aliphatic carbocycles. The molecule has 3 heterocycles. The third-order valence-corrected chi connectivity index (χ3v) is 4.64. The Kier molecular flexibility index (Phi) is 4.17. The summed E-state index contributed by atoms with van der Waals surface area (Å²) >= 11 is 2.12. The third kappa shape index (κ3) is 2.62. The number of piperidine rings is 1. The smallest absolute Gasteiger partial charge is 0.251 e. The Morgan fingerprint density at radius 1 is 1.55 bits per heavy atom. The van der Waals surface area contributed by atoms with Gasteiger partial charge in [-0.2, -0.15) is 5.10 Å². The first-order valence-electron chi connectivity index (χ1n) is 7.10. The SMILES string of the molecule is C[C@H](O)C(=O)N1CCCC(n2nc(I)c3c(N)ncnc32)C1. The largest absolute Gasteiger partial charge is 0.384 e. The maximum absolute atomic E-state index is 12.0. The predicted octanol–water partition coefficient (Wildman–Crippen LogP) is 0.557. The second-order valence-corrected chi connectivity index (χ2v) is 6.47. The number of carbonyl (C=O) groups excluding carboxylic acids is 1. The number of fused-ring (bicyclic) bond motifs is 1. The van der Waals surface area contributed by atoms with Crippen LogP contribution in [0.4, 0.5) is 5.82 Å². The molecule has 1 fully saturated rings. The van der Waals surface area contributed by atoms with Gasteiger partial charge in [-0.3, -0.25) is 4.79 Å². The number of likely N-dealkylation sites (tertiary alicyclic amines) is 1. The highest BCUT2D eigenvalue weighted by atomic mass is 127. The molecule has 8 nitrogen and oxygen atoms in total. The molecule has 3 rings (SSSR count). The highest BCUT2D eigenvalue weighted by Crippen LogP contribution is 2.29. The number of anilines is 1. The molecule has 2 aromatic heterocycles. The summed E-state index contributed by atoms with van der Waals surface area (Å²) in [7, 11) is 0. The number of hydrogen-bond donors (Lipinski definition) is 2. The van der Waals surface area contributed by atoms with Gasteiger partial charge in [0.1, 0.15) is 21.9 Å². The van der Waals surface area contributed by atoms with Crippen molar-refractivity contribution in [2.75, 3.05) is 18.8 Å². The number of carbonyl (C=O) groups is 1.